The van der Waals surface area contributed by atoms with Gasteiger partial charge in [-0.1, -0.05) is 18.2 Å². The SMILES string of the molecule is C1=NCCN1CCCCOc1ccccc1. The van der Waals surface area contributed by atoms with Gasteiger partial charge in [0, 0.05) is 13.1 Å². The number of rotatable bonds is 6. The van der Waals surface area contributed by atoms with Gasteiger partial charge in [-0.05, 0) is 25.0 Å². The van der Waals surface area contributed by atoms with Gasteiger partial charge in [0.1, 0.15) is 5.75 Å². The summed E-state index contributed by atoms with van der Waals surface area (Å²) in [5.41, 5.74) is 0. The van der Waals surface area contributed by atoms with Crippen LogP contribution in [0.25, 0.3) is 0 Å². The highest BCUT2D eigenvalue weighted by Crippen LogP contribution is 2.09. The highest BCUT2D eigenvalue weighted by Gasteiger charge is 2.03. The van der Waals surface area contributed by atoms with Crippen LogP contribution in [0.4, 0.5) is 0 Å². The fourth-order valence-electron chi connectivity index (χ4n) is 1.71. The van der Waals surface area contributed by atoms with Crippen LogP contribution in [0.2, 0.25) is 0 Å². The minimum Gasteiger partial charge on any atom is -0.494 e. The zero-order valence-electron chi connectivity index (χ0n) is 9.51. The largest absolute Gasteiger partial charge is 0.494 e. The number of aliphatic imine (C=N–C) groups is 1. The molecule has 0 spiro atoms. The van der Waals surface area contributed by atoms with Crippen molar-refractivity contribution in [1.82, 2.24) is 4.90 Å². The molecular formula is C13H18N2O. The van der Waals surface area contributed by atoms with Crippen molar-refractivity contribution in [3.05, 3.63) is 30.3 Å². The predicted octanol–water partition coefficient (Wildman–Crippen LogP) is 2.19. The van der Waals surface area contributed by atoms with Crippen LogP contribution in [0.3, 0.4) is 0 Å². The molecule has 1 aliphatic heterocycles. The second kappa shape index (κ2) is 6.16. The Kier molecular flexibility index (Phi) is 4.23. The lowest BCUT2D eigenvalue weighted by Gasteiger charge is -2.13. The third-order valence-corrected chi connectivity index (χ3v) is 2.61. The quantitative estimate of drug-likeness (QED) is 0.684. The Morgan fingerprint density at radius 3 is 2.81 bits per heavy atom. The summed E-state index contributed by atoms with van der Waals surface area (Å²) in [5, 5.41) is 0. The Labute approximate surface area is 96.7 Å². The Morgan fingerprint density at radius 1 is 1.19 bits per heavy atom. The van der Waals surface area contributed by atoms with Crippen LogP contribution in [-0.2, 0) is 0 Å². The van der Waals surface area contributed by atoms with E-state index >= 15 is 0 Å². The van der Waals surface area contributed by atoms with Gasteiger partial charge in [-0.3, -0.25) is 4.99 Å². The van der Waals surface area contributed by atoms with E-state index in [9.17, 15) is 0 Å². The molecule has 3 nitrogen and oxygen atoms in total. The maximum atomic E-state index is 5.62. The van der Waals surface area contributed by atoms with E-state index in [-0.39, 0.29) is 0 Å². The van der Waals surface area contributed by atoms with Crippen molar-refractivity contribution < 1.29 is 4.74 Å². The van der Waals surface area contributed by atoms with E-state index in [2.05, 4.69) is 9.89 Å². The van der Waals surface area contributed by atoms with Gasteiger partial charge in [-0.2, -0.15) is 0 Å². The zero-order valence-corrected chi connectivity index (χ0v) is 9.51. The lowest BCUT2D eigenvalue weighted by Crippen LogP contribution is -2.21. The van der Waals surface area contributed by atoms with Gasteiger partial charge in [-0.25, -0.2) is 0 Å². The molecule has 2 rings (SSSR count). The van der Waals surface area contributed by atoms with Crippen LogP contribution >= 0.6 is 0 Å². The lowest BCUT2D eigenvalue weighted by molar-refractivity contribution is 0.298. The van der Waals surface area contributed by atoms with Gasteiger partial charge in [-0.15, -0.1) is 0 Å². The van der Waals surface area contributed by atoms with Crippen molar-refractivity contribution in [3.8, 4) is 5.75 Å². The van der Waals surface area contributed by atoms with E-state index in [4.69, 9.17) is 4.74 Å². The van der Waals surface area contributed by atoms with E-state index in [0.29, 0.717) is 0 Å². The number of para-hydroxylation sites is 1. The number of ether oxygens (including phenoxy) is 1. The molecule has 0 radical (unpaired) electrons. The van der Waals surface area contributed by atoms with Crippen molar-refractivity contribution in [2.24, 2.45) is 4.99 Å². The van der Waals surface area contributed by atoms with Gasteiger partial charge in [0.15, 0.2) is 0 Å². The fourth-order valence-corrected chi connectivity index (χ4v) is 1.71. The van der Waals surface area contributed by atoms with Gasteiger partial charge >= 0.3 is 0 Å². The first-order valence-corrected chi connectivity index (χ1v) is 5.87. The fraction of sp³-hybridized carbons (Fsp3) is 0.462. The molecule has 0 unspecified atom stereocenters. The standard InChI is InChI=1S/C13H18N2O/c1-2-6-13(7-3-1)16-11-5-4-9-15-10-8-14-12-15/h1-3,6-7,12H,4-5,8-11H2. The van der Waals surface area contributed by atoms with Crippen LogP contribution in [0.15, 0.2) is 35.3 Å². The smallest absolute Gasteiger partial charge is 0.119 e. The van der Waals surface area contributed by atoms with Gasteiger partial charge in [0.05, 0.1) is 19.5 Å². The Hall–Kier alpha value is -1.51. The molecule has 1 aliphatic rings. The summed E-state index contributed by atoms with van der Waals surface area (Å²) in [6, 6.07) is 9.98. The molecule has 0 saturated carbocycles. The molecule has 0 N–H and O–H groups in total. The first kappa shape index (κ1) is 11.0. The highest BCUT2D eigenvalue weighted by atomic mass is 16.5. The first-order chi connectivity index (χ1) is 7.95. The van der Waals surface area contributed by atoms with Crippen LogP contribution in [0, 0.1) is 0 Å². The molecule has 0 aromatic heterocycles. The summed E-state index contributed by atoms with van der Waals surface area (Å²) in [6.45, 7) is 3.94. The van der Waals surface area contributed by atoms with E-state index in [1.54, 1.807) is 0 Å². The van der Waals surface area contributed by atoms with E-state index < -0.39 is 0 Å². The van der Waals surface area contributed by atoms with E-state index in [0.717, 1.165) is 38.4 Å². The normalized spacial score (nSPS) is 14.4. The zero-order chi connectivity index (χ0) is 11.1. The Balaban J connectivity index is 1.53. The summed E-state index contributed by atoms with van der Waals surface area (Å²) in [5.74, 6) is 0.963. The average Bonchev–Trinajstić information content (AvgIpc) is 2.83. The third-order valence-electron chi connectivity index (χ3n) is 2.61. The molecule has 0 fully saturated rings. The molecule has 16 heavy (non-hydrogen) atoms. The first-order valence-electron chi connectivity index (χ1n) is 5.87. The molecule has 0 aliphatic carbocycles. The van der Waals surface area contributed by atoms with Crippen molar-refractivity contribution in [1.29, 1.82) is 0 Å². The van der Waals surface area contributed by atoms with Crippen molar-refractivity contribution in [3.63, 3.8) is 0 Å². The summed E-state index contributed by atoms with van der Waals surface area (Å²) < 4.78 is 5.62. The number of hydrogen-bond acceptors (Lipinski definition) is 3. The molecule has 0 amide bonds. The molecular weight excluding hydrogens is 200 g/mol. The number of nitrogens with zero attached hydrogens (tertiary/aromatic N) is 2. The summed E-state index contributed by atoms with van der Waals surface area (Å²) in [4.78, 5) is 6.45. The minimum absolute atomic E-state index is 0.801. The molecule has 0 atom stereocenters. The maximum absolute atomic E-state index is 5.62. The van der Waals surface area contributed by atoms with Crippen LogP contribution < -0.4 is 4.74 Å². The summed E-state index contributed by atoms with van der Waals surface area (Å²) in [7, 11) is 0. The minimum atomic E-state index is 0.801. The summed E-state index contributed by atoms with van der Waals surface area (Å²) in [6.07, 6.45) is 4.22. The number of benzene rings is 1. The Morgan fingerprint density at radius 2 is 2.06 bits per heavy atom. The second-order valence-corrected chi connectivity index (χ2v) is 3.93. The maximum Gasteiger partial charge on any atom is 0.119 e. The monoisotopic (exact) mass is 218 g/mol. The molecule has 1 heterocycles. The van der Waals surface area contributed by atoms with Gasteiger partial charge in [0.2, 0.25) is 0 Å². The number of hydrogen-bond donors (Lipinski definition) is 0. The van der Waals surface area contributed by atoms with E-state index in [1.807, 2.05) is 36.7 Å². The second-order valence-electron chi connectivity index (χ2n) is 3.93. The van der Waals surface area contributed by atoms with Crippen LogP contribution in [-0.4, -0.2) is 37.5 Å². The van der Waals surface area contributed by atoms with Crippen molar-refractivity contribution in [2.45, 2.75) is 12.8 Å². The molecule has 0 saturated heterocycles. The highest BCUT2D eigenvalue weighted by molar-refractivity contribution is 5.56. The van der Waals surface area contributed by atoms with Crippen molar-refractivity contribution in [2.75, 3.05) is 26.2 Å². The molecule has 86 valence electrons. The van der Waals surface area contributed by atoms with E-state index in [1.165, 1.54) is 6.42 Å². The van der Waals surface area contributed by atoms with Crippen molar-refractivity contribution >= 4 is 6.34 Å². The molecule has 1 aromatic rings. The summed E-state index contributed by atoms with van der Waals surface area (Å²) >= 11 is 0. The Bertz CT molecular complexity index is 324. The molecule has 1 aromatic carbocycles. The lowest BCUT2D eigenvalue weighted by atomic mass is 10.3. The average molecular weight is 218 g/mol. The number of unbranched alkanes of at least 4 members (excludes halogenated alkanes) is 1. The predicted molar refractivity (Wildman–Crippen MR) is 66.1 cm³/mol. The van der Waals surface area contributed by atoms with Crippen LogP contribution in [0.5, 0.6) is 5.75 Å². The molecule has 0 bridgehead atoms. The topological polar surface area (TPSA) is 24.8 Å². The van der Waals surface area contributed by atoms with Gasteiger partial charge < -0.3 is 9.64 Å². The van der Waals surface area contributed by atoms with Crippen LogP contribution in [0.1, 0.15) is 12.8 Å². The third kappa shape index (κ3) is 3.57. The molecule has 3 heteroatoms. The van der Waals surface area contributed by atoms with Gasteiger partial charge in [0.25, 0.3) is 0 Å².